The molecular weight excluding hydrogens is 472 g/mol. The van der Waals surface area contributed by atoms with Crippen molar-refractivity contribution in [3.8, 4) is 0 Å². The van der Waals surface area contributed by atoms with Gasteiger partial charge >= 0.3 is 5.97 Å². The van der Waals surface area contributed by atoms with Gasteiger partial charge in [-0.1, -0.05) is 18.1 Å². The molecule has 0 radical (unpaired) electrons. The number of carbonyl (C=O) groups is 4. The minimum atomic E-state index is -1.04. The maximum atomic E-state index is 13.3. The van der Waals surface area contributed by atoms with Crippen molar-refractivity contribution in [2.24, 2.45) is 5.92 Å². The highest BCUT2D eigenvalue weighted by molar-refractivity contribution is 5.97. The summed E-state index contributed by atoms with van der Waals surface area (Å²) in [5.41, 5.74) is 0.879. The zero-order chi connectivity index (χ0) is 25.7. The molecule has 2 fully saturated rings. The first kappa shape index (κ1) is 25.3. The van der Waals surface area contributed by atoms with Crippen molar-refractivity contribution in [2.75, 3.05) is 6.54 Å². The van der Waals surface area contributed by atoms with Crippen LogP contribution in [0.2, 0.25) is 0 Å². The lowest BCUT2D eigenvalue weighted by molar-refractivity contribution is -0.139. The number of β-amino-alcohol motifs (C(OH)–C–C–N with tert-alkyl or cyclic N) is 1. The standard InChI is InChI=1S/C22H30N8O6/c31-13-9-16(21(35)23-10-17-26-28-29-27-17)30(11-13)22(36)15-6-5-14(24-15)20(12-3-1-2-4-12)25-18(32)7-8-19(33)34/h5-6,12-13,16,20,24,31H,1-4,7-11H2,(H,23,35)(H,25,32)(H,33,34)(H,26,27,28,29)/t13-,16+,20-/m1/s1. The number of rotatable bonds is 10. The van der Waals surface area contributed by atoms with Crippen molar-refractivity contribution in [2.45, 2.75) is 69.7 Å². The molecule has 0 bridgehead atoms. The first-order valence-corrected chi connectivity index (χ1v) is 12.0. The van der Waals surface area contributed by atoms with E-state index < -0.39 is 29.9 Å². The number of tetrazole rings is 1. The predicted molar refractivity (Wildman–Crippen MR) is 122 cm³/mol. The maximum Gasteiger partial charge on any atom is 0.303 e. The van der Waals surface area contributed by atoms with Gasteiger partial charge in [0, 0.05) is 25.1 Å². The Morgan fingerprint density at radius 2 is 1.94 bits per heavy atom. The molecule has 14 heteroatoms. The van der Waals surface area contributed by atoms with Crippen LogP contribution in [0.25, 0.3) is 0 Å². The summed E-state index contributed by atoms with van der Waals surface area (Å²) >= 11 is 0. The van der Waals surface area contributed by atoms with E-state index in [1.54, 1.807) is 12.1 Å². The third kappa shape index (κ3) is 6.05. The normalized spacial score (nSPS) is 20.9. The molecule has 0 spiro atoms. The summed E-state index contributed by atoms with van der Waals surface area (Å²) in [6.45, 7) is 0.0344. The van der Waals surface area contributed by atoms with Gasteiger partial charge in [-0.2, -0.15) is 5.21 Å². The lowest BCUT2D eigenvalue weighted by atomic mass is 9.95. The van der Waals surface area contributed by atoms with E-state index in [0.29, 0.717) is 5.69 Å². The Hall–Kier alpha value is -3.81. The maximum absolute atomic E-state index is 13.3. The number of aromatic nitrogens is 5. The molecule has 4 rings (SSSR count). The fourth-order valence-corrected chi connectivity index (χ4v) is 4.91. The zero-order valence-corrected chi connectivity index (χ0v) is 19.6. The third-order valence-corrected chi connectivity index (χ3v) is 6.68. The number of aliphatic hydroxyl groups is 1. The average Bonchev–Trinajstić information content (AvgIpc) is 3.66. The van der Waals surface area contributed by atoms with Crippen LogP contribution >= 0.6 is 0 Å². The zero-order valence-electron chi connectivity index (χ0n) is 19.6. The summed E-state index contributed by atoms with van der Waals surface area (Å²) in [6, 6.07) is 2.08. The quantitative estimate of drug-likeness (QED) is 0.250. The lowest BCUT2D eigenvalue weighted by Crippen LogP contribution is -2.46. The van der Waals surface area contributed by atoms with E-state index >= 15 is 0 Å². The molecule has 3 amide bonds. The Labute approximate surface area is 206 Å². The summed E-state index contributed by atoms with van der Waals surface area (Å²) in [6.07, 6.45) is 2.75. The number of amides is 3. The lowest BCUT2D eigenvalue weighted by Gasteiger charge is -2.25. The van der Waals surface area contributed by atoms with E-state index in [2.05, 4.69) is 36.2 Å². The third-order valence-electron chi connectivity index (χ3n) is 6.68. The second kappa shape index (κ2) is 11.3. The van der Waals surface area contributed by atoms with Crippen molar-refractivity contribution >= 4 is 23.7 Å². The van der Waals surface area contributed by atoms with E-state index in [9.17, 15) is 24.3 Å². The van der Waals surface area contributed by atoms with Crippen LogP contribution in [-0.2, 0) is 20.9 Å². The van der Waals surface area contributed by atoms with Crippen LogP contribution < -0.4 is 10.6 Å². The number of nitrogens with one attached hydrogen (secondary N) is 4. The highest BCUT2D eigenvalue weighted by atomic mass is 16.4. The Bertz CT molecular complexity index is 1080. The Morgan fingerprint density at radius 3 is 2.64 bits per heavy atom. The Balaban J connectivity index is 1.45. The van der Waals surface area contributed by atoms with E-state index in [1.807, 2.05) is 0 Å². The minimum absolute atomic E-state index is 0.00542. The molecule has 0 aromatic carbocycles. The van der Waals surface area contributed by atoms with Gasteiger partial charge in [0.05, 0.1) is 25.1 Å². The van der Waals surface area contributed by atoms with Crippen LogP contribution in [0.1, 0.15) is 73.0 Å². The van der Waals surface area contributed by atoms with Crippen LogP contribution in [0.15, 0.2) is 12.1 Å². The summed E-state index contributed by atoms with van der Waals surface area (Å²) in [7, 11) is 0. The number of carboxylic acid groups (broad SMARTS) is 1. The monoisotopic (exact) mass is 502 g/mol. The van der Waals surface area contributed by atoms with Gasteiger partial charge in [-0.15, -0.1) is 10.2 Å². The number of aliphatic hydroxyl groups excluding tert-OH is 1. The highest BCUT2D eigenvalue weighted by Crippen LogP contribution is 2.35. The highest BCUT2D eigenvalue weighted by Gasteiger charge is 2.40. The van der Waals surface area contributed by atoms with E-state index in [0.717, 1.165) is 25.7 Å². The van der Waals surface area contributed by atoms with Gasteiger partial charge in [0.2, 0.25) is 11.8 Å². The summed E-state index contributed by atoms with van der Waals surface area (Å²) in [4.78, 5) is 53.7. The number of aromatic amines is 2. The van der Waals surface area contributed by atoms with Gasteiger partial charge in [0.15, 0.2) is 5.82 Å². The molecule has 6 N–H and O–H groups in total. The molecule has 0 unspecified atom stereocenters. The molecule has 1 saturated heterocycles. The first-order valence-electron chi connectivity index (χ1n) is 12.0. The molecule has 2 aliphatic rings. The number of likely N-dealkylation sites (tertiary alicyclic amines) is 1. The van der Waals surface area contributed by atoms with E-state index in [-0.39, 0.29) is 61.7 Å². The molecule has 2 aromatic rings. The predicted octanol–water partition coefficient (Wildman–Crippen LogP) is -0.368. The Kier molecular flexibility index (Phi) is 7.93. The molecule has 2 aromatic heterocycles. The van der Waals surface area contributed by atoms with Crippen LogP contribution in [0, 0.1) is 5.92 Å². The fraction of sp³-hybridized carbons (Fsp3) is 0.591. The summed E-state index contributed by atoms with van der Waals surface area (Å²) in [5, 5.41) is 37.9. The van der Waals surface area contributed by atoms with Crippen LogP contribution in [0.5, 0.6) is 0 Å². The largest absolute Gasteiger partial charge is 0.481 e. The second-order valence-electron chi connectivity index (χ2n) is 9.22. The second-order valence-corrected chi connectivity index (χ2v) is 9.22. The van der Waals surface area contributed by atoms with Gasteiger partial charge in [0.1, 0.15) is 11.7 Å². The molecule has 3 atom stereocenters. The molecule has 1 aliphatic carbocycles. The number of H-pyrrole nitrogens is 2. The minimum Gasteiger partial charge on any atom is -0.481 e. The van der Waals surface area contributed by atoms with Gasteiger partial charge < -0.3 is 30.7 Å². The van der Waals surface area contributed by atoms with Crippen LogP contribution in [0.4, 0.5) is 0 Å². The first-order chi connectivity index (χ1) is 17.3. The topological polar surface area (TPSA) is 206 Å². The van der Waals surface area contributed by atoms with Gasteiger partial charge in [-0.3, -0.25) is 19.2 Å². The van der Waals surface area contributed by atoms with Gasteiger partial charge in [-0.25, -0.2) is 0 Å². The number of hydrogen-bond acceptors (Lipinski definition) is 8. The van der Waals surface area contributed by atoms with Crippen LogP contribution in [0.3, 0.4) is 0 Å². The van der Waals surface area contributed by atoms with Crippen molar-refractivity contribution in [1.82, 2.24) is 41.1 Å². The summed E-state index contributed by atoms with van der Waals surface area (Å²) < 4.78 is 0. The Morgan fingerprint density at radius 1 is 1.17 bits per heavy atom. The number of carbonyl (C=O) groups excluding carboxylic acids is 3. The molecule has 36 heavy (non-hydrogen) atoms. The fourth-order valence-electron chi connectivity index (χ4n) is 4.91. The number of hydrogen-bond donors (Lipinski definition) is 6. The smallest absolute Gasteiger partial charge is 0.303 e. The van der Waals surface area contributed by atoms with Gasteiger partial charge in [0.25, 0.3) is 5.91 Å². The molecule has 1 saturated carbocycles. The summed E-state index contributed by atoms with van der Waals surface area (Å²) in [5.74, 6) is -1.84. The molecule has 14 nitrogen and oxygen atoms in total. The average molecular weight is 503 g/mol. The van der Waals surface area contributed by atoms with Crippen molar-refractivity contribution in [3.05, 3.63) is 29.3 Å². The van der Waals surface area contributed by atoms with Gasteiger partial charge in [-0.05, 0) is 30.9 Å². The van der Waals surface area contributed by atoms with E-state index in [4.69, 9.17) is 5.11 Å². The molecule has 194 valence electrons. The number of nitrogens with zero attached hydrogens (tertiary/aromatic N) is 4. The van der Waals surface area contributed by atoms with Crippen molar-refractivity contribution in [3.63, 3.8) is 0 Å². The van der Waals surface area contributed by atoms with Crippen molar-refractivity contribution < 1.29 is 29.4 Å². The molecule has 1 aliphatic heterocycles. The molecular formula is C22H30N8O6. The number of carboxylic acids is 1. The number of aliphatic carboxylic acids is 1. The van der Waals surface area contributed by atoms with E-state index in [1.165, 1.54) is 4.90 Å². The van der Waals surface area contributed by atoms with Crippen molar-refractivity contribution in [1.29, 1.82) is 0 Å². The molecule has 3 heterocycles. The van der Waals surface area contributed by atoms with Crippen LogP contribution in [-0.4, -0.2) is 83.1 Å². The SMILES string of the molecule is O=C(O)CCC(=O)N[C@@H](c1ccc(C(=O)N2C[C@H](O)C[C@H]2C(=O)NCc2nn[nH]n2)[nH]1)C1CCCC1.